The van der Waals surface area contributed by atoms with Crippen LogP contribution in [0, 0.1) is 0 Å². The third-order valence-corrected chi connectivity index (χ3v) is 10.3. The number of carbonyl (C=O) groups is 2. The normalized spacial score (nSPS) is 14.5. The number of ether oxygens (including phenoxy) is 3. The monoisotopic (exact) mass is 424 g/mol. The average molecular weight is 425 g/mol. The van der Waals surface area contributed by atoms with Gasteiger partial charge in [0.2, 0.25) is 14.6 Å². The van der Waals surface area contributed by atoms with E-state index in [1.165, 1.54) is 0 Å². The molecule has 0 aliphatic heterocycles. The molecule has 0 saturated heterocycles. The van der Waals surface area contributed by atoms with E-state index >= 15 is 0 Å². The molecule has 6 nitrogen and oxygen atoms in total. The van der Waals surface area contributed by atoms with Crippen LogP contribution < -0.4 is 4.74 Å². The van der Waals surface area contributed by atoms with Crippen LogP contribution in [-0.2, 0) is 23.2 Å². The Morgan fingerprint density at radius 3 is 2.11 bits per heavy atom. The largest absolute Gasteiger partial charge is 0.454 e. The molecule has 0 aliphatic rings. The molecule has 8 heteroatoms. The van der Waals surface area contributed by atoms with Gasteiger partial charge >= 0.3 is 11.9 Å². The minimum atomic E-state index is -2.11. The van der Waals surface area contributed by atoms with Crippen LogP contribution in [0.4, 0.5) is 0 Å². The molecule has 0 heterocycles. The fraction of sp³-hybridized carbons (Fsp3) is 0.500. The molecule has 0 bridgehead atoms. The Morgan fingerprint density at radius 1 is 1.00 bits per heavy atom. The van der Waals surface area contributed by atoms with Gasteiger partial charge in [0.15, 0.2) is 8.32 Å². The molecule has 0 aromatic heterocycles. The fourth-order valence-electron chi connectivity index (χ4n) is 2.84. The van der Waals surface area contributed by atoms with Crippen molar-refractivity contribution in [3.63, 3.8) is 0 Å². The predicted molar refractivity (Wildman–Crippen MR) is 114 cm³/mol. The third-order valence-electron chi connectivity index (χ3n) is 3.67. The molecule has 1 aromatic carbocycles. The van der Waals surface area contributed by atoms with Crippen LogP contribution >= 0.6 is 0 Å². The molecule has 0 aliphatic carbocycles. The van der Waals surface area contributed by atoms with Crippen molar-refractivity contribution < 1.29 is 27.9 Å². The lowest BCUT2D eigenvalue weighted by Crippen LogP contribution is -2.53. The van der Waals surface area contributed by atoms with Gasteiger partial charge in [0, 0.05) is 12.2 Å². The standard InChI is InChI=1S/C20H32O6Si2/c1-8-20(28(6,7)26-27(3,4)5)24-16(2)23-18(21)14-15-19(22)25-17-12-10-9-11-13-17/h9-16,20H,8H2,1-7H3/b15-14+. The molecule has 1 aromatic rings. The number of esters is 2. The Kier molecular flexibility index (Phi) is 9.29. The van der Waals surface area contributed by atoms with Crippen molar-refractivity contribution in [2.75, 3.05) is 0 Å². The molecule has 0 amide bonds. The quantitative estimate of drug-likeness (QED) is 0.182. The highest BCUT2D eigenvalue weighted by atomic mass is 28.4. The maximum absolute atomic E-state index is 11.9. The van der Waals surface area contributed by atoms with Gasteiger partial charge in [-0.1, -0.05) is 25.1 Å². The first-order chi connectivity index (χ1) is 12.9. The van der Waals surface area contributed by atoms with E-state index < -0.39 is 34.9 Å². The topological polar surface area (TPSA) is 71.1 Å². The number of hydrogen-bond donors (Lipinski definition) is 0. The van der Waals surface area contributed by atoms with Gasteiger partial charge in [-0.25, -0.2) is 9.59 Å². The first kappa shape index (κ1) is 24.3. The Bertz CT molecular complexity index is 667. The van der Waals surface area contributed by atoms with Crippen molar-refractivity contribution in [1.29, 1.82) is 0 Å². The van der Waals surface area contributed by atoms with Crippen LogP contribution in [0.15, 0.2) is 42.5 Å². The summed E-state index contributed by atoms with van der Waals surface area (Å²) in [4.78, 5) is 23.7. The lowest BCUT2D eigenvalue weighted by atomic mass is 10.3. The molecule has 0 saturated carbocycles. The molecular weight excluding hydrogens is 392 g/mol. The average Bonchev–Trinajstić information content (AvgIpc) is 2.56. The van der Waals surface area contributed by atoms with Crippen molar-refractivity contribution in [2.45, 2.75) is 65.0 Å². The van der Waals surface area contributed by atoms with E-state index in [0.29, 0.717) is 5.75 Å². The minimum Gasteiger partial charge on any atom is -0.454 e. The molecule has 28 heavy (non-hydrogen) atoms. The Balaban J connectivity index is 2.55. The zero-order chi connectivity index (χ0) is 21.4. The van der Waals surface area contributed by atoms with Crippen molar-refractivity contribution in [1.82, 2.24) is 0 Å². The molecule has 2 unspecified atom stereocenters. The SMILES string of the molecule is CCC(OC(C)OC(=O)/C=C/C(=O)Oc1ccccc1)[Si](C)(C)O[Si](C)(C)C. The summed E-state index contributed by atoms with van der Waals surface area (Å²) in [7, 11) is -3.81. The Morgan fingerprint density at radius 2 is 1.57 bits per heavy atom. The first-order valence-corrected chi connectivity index (χ1v) is 15.8. The third kappa shape index (κ3) is 9.45. The summed E-state index contributed by atoms with van der Waals surface area (Å²) in [6, 6.07) is 8.62. The van der Waals surface area contributed by atoms with E-state index in [9.17, 15) is 9.59 Å². The van der Waals surface area contributed by atoms with E-state index in [1.54, 1.807) is 31.2 Å². The molecule has 2 atom stereocenters. The van der Waals surface area contributed by atoms with Gasteiger partial charge in [0.1, 0.15) is 5.75 Å². The number of carbonyl (C=O) groups excluding carboxylic acids is 2. The summed E-state index contributed by atoms with van der Waals surface area (Å²) in [6.07, 6.45) is 2.09. The van der Waals surface area contributed by atoms with E-state index in [-0.39, 0.29) is 5.73 Å². The van der Waals surface area contributed by atoms with Crippen LogP contribution in [0.25, 0.3) is 0 Å². The van der Waals surface area contributed by atoms with Crippen molar-refractivity contribution in [3.8, 4) is 5.75 Å². The highest BCUT2D eigenvalue weighted by molar-refractivity contribution is 6.84. The molecule has 0 radical (unpaired) electrons. The number of para-hydroxylation sites is 1. The number of rotatable bonds is 10. The van der Waals surface area contributed by atoms with Crippen LogP contribution in [0.1, 0.15) is 20.3 Å². The van der Waals surface area contributed by atoms with Gasteiger partial charge in [-0.05, 0) is 58.2 Å². The van der Waals surface area contributed by atoms with E-state index in [0.717, 1.165) is 18.6 Å². The highest BCUT2D eigenvalue weighted by Gasteiger charge is 2.38. The van der Waals surface area contributed by atoms with E-state index in [1.807, 2.05) is 13.0 Å². The summed E-state index contributed by atoms with van der Waals surface area (Å²) in [5, 5.41) is 0. The number of benzene rings is 1. The van der Waals surface area contributed by atoms with Crippen molar-refractivity contribution in [2.24, 2.45) is 0 Å². The predicted octanol–water partition coefficient (Wildman–Crippen LogP) is 4.43. The smallest absolute Gasteiger partial charge is 0.336 e. The molecule has 0 fully saturated rings. The fourth-order valence-corrected chi connectivity index (χ4v) is 11.2. The lowest BCUT2D eigenvalue weighted by molar-refractivity contribution is -0.174. The van der Waals surface area contributed by atoms with Gasteiger partial charge in [-0.3, -0.25) is 0 Å². The number of hydrogen-bond acceptors (Lipinski definition) is 6. The van der Waals surface area contributed by atoms with Crippen molar-refractivity contribution in [3.05, 3.63) is 42.5 Å². The van der Waals surface area contributed by atoms with Gasteiger partial charge in [-0.2, -0.15) is 0 Å². The zero-order valence-corrected chi connectivity index (χ0v) is 19.9. The molecule has 0 N–H and O–H groups in total. The first-order valence-electron chi connectivity index (χ1n) is 9.44. The van der Waals surface area contributed by atoms with Gasteiger partial charge in [0.25, 0.3) is 0 Å². The van der Waals surface area contributed by atoms with E-state index in [2.05, 4.69) is 32.7 Å². The molecule has 156 valence electrons. The Hall–Kier alpha value is -1.75. The van der Waals surface area contributed by atoms with Crippen LogP contribution in [0.3, 0.4) is 0 Å². The van der Waals surface area contributed by atoms with Gasteiger partial charge in [-0.15, -0.1) is 0 Å². The maximum atomic E-state index is 11.9. The summed E-state index contributed by atoms with van der Waals surface area (Å²) in [6.45, 7) is 14.4. The van der Waals surface area contributed by atoms with Gasteiger partial charge in [0.05, 0.1) is 5.73 Å². The molecule has 0 spiro atoms. The highest BCUT2D eigenvalue weighted by Crippen LogP contribution is 2.23. The zero-order valence-electron chi connectivity index (χ0n) is 17.9. The van der Waals surface area contributed by atoms with Crippen LogP contribution in [0.2, 0.25) is 32.7 Å². The van der Waals surface area contributed by atoms with Crippen LogP contribution in [-0.4, -0.2) is 40.6 Å². The van der Waals surface area contributed by atoms with E-state index in [4.69, 9.17) is 18.3 Å². The second-order valence-electron chi connectivity index (χ2n) is 7.92. The van der Waals surface area contributed by atoms with Crippen LogP contribution in [0.5, 0.6) is 5.75 Å². The maximum Gasteiger partial charge on any atom is 0.336 e. The summed E-state index contributed by atoms with van der Waals surface area (Å²) in [5.74, 6) is -0.916. The second-order valence-corrected chi connectivity index (χ2v) is 16.8. The van der Waals surface area contributed by atoms with Crippen molar-refractivity contribution >= 4 is 28.6 Å². The summed E-state index contributed by atoms with van der Waals surface area (Å²) < 4.78 is 22.6. The summed E-state index contributed by atoms with van der Waals surface area (Å²) >= 11 is 0. The Labute approximate surface area is 170 Å². The van der Waals surface area contributed by atoms with Gasteiger partial charge < -0.3 is 18.3 Å². The lowest BCUT2D eigenvalue weighted by Gasteiger charge is -2.38. The minimum absolute atomic E-state index is 0.103. The second kappa shape index (κ2) is 10.7. The molecular formula is C20H32O6Si2. The molecule has 1 rings (SSSR count). The summed E-state index contributed by atoms with van der Waals surface area (Å²) in [5.41, 5.74) is -0.103.